The lowest BCUT2D eigenvalue weighted by Crippen LogP contribution is -2.49. The van der Waals surface area contributed by atoms with Crippen molar-refractivity contribution in [3.8, 4) is 0 Å². The van der Waals surface area contributed by atoms with E-state index in [0.717, 1.165) is 6.54 Å². The van der Waals surface area contributed by atoms with E-state index in [1.165, 1.54) is 32.6 Å². The first-order valence-corrected chi connectivity index (χ1v) is 5.29. The second-order valence-corrected chi connectivity index (χ2v) is 4.31. The summed E-state index contributed by atoms with van der Waals surface area (Å²) < 4.78 is 0. The van der Waals surface area contributed by atoms with Gasteiger partial charge in [0.25, 0.3) is 0 Å². The molecule has 1 N–H and O–H groups in total. The molecule has 1 aliphatic rings. The van der Waals surface area contributed by atoms with Crippen LogP contribution in [0, 0.1) is 0 Å². The second-order valence-electron chi connectivity index (χ2n) is 4.31. The van der Waals surface area contributed by atoms with Crippen LogP contribution < -0.4 is 5.32 Å². The highest BCUT2D eigenvalue weighted by molar-refractivity contribution is 4.74. The maximum Gasteiger partial charge on any atom is 0.0167 e. The fraction of sp³-hybridized carbons (Fsp3) is 1.00. The van der Waals surface area contributed by atoms with Gasteiger partial charge >= 0.3 is 0 Å². The van der Waals surface area contributed by atoms with Crippen molar-refractivity contribution in [1.82, 2.24) is 15.1 Å². The molecule has 13 heavy (non-hydrogen) atoms. The SMILES string of the molecule is C[C@@H]1CN(CCCN(C)C)CCN1. The molecule has 1 fully saturated rings. The molecule has 3 heteroatoms. The van der Waals surface area contributed by atoms with E-state index in [1.54, 1.807) is 0 Å². The summed E-state index contributed by atoms with van der Waals surface area (Å²) in [6.45, 7) is 8.31. The molecule has 3 nitrogen and oxygen atoms in total. The highest BCUT2D eigenvalue weighted by Gasteiger charge is 2.14. The maximum absolute atomic E-state index is 3.46. The van der Waals surface area contributed by atoms with E-state index in [9.17, 15) is 0 Å². The Morgan fingerprint density at radius 2 is 2.23 bits per heavy atom. The molecule has 0 aromatic heterocycles. The summed E-state index contributed by atoms with van der Waals surface area (Å²) in [6, 6.07) is 0.674. The third-order valence-electron chi connectivity index (χ3n) is 2.53. The first-order chi connectivity index (χ1) is 6.18. The van der Waals surface area contributed by atoms with Gasteiger partial charge in [-0.15, -0.1) is 0 Å². The molecule has 0 bridgehead atoms. The van der Waals surface area contributed by atoms with Crippen LogP contribution in [0.15, 0.2) is 0 Å². The Hall–Kier alpha value is -0.120. The van der Waals surface area contributed by atoms with Crippen molar-refractivity contribution in [3.63, 3.8) is 0 Å². The van der Waals surface area contributed by atoms with Crippen LogP contribution in [-0.2, 0) is 0 Å². The van der Waals surface area contributed by atoms with E-state index in [4.69, 9.17) is 0 Å². The first-order valence-electron chi connectivity index (χ1n) is 5.29. The molecule has 0 spiro atoms. The van der Waals surface area contributed by atoms with E-state index in [-0.39, 0.29) is 0 Å². The molecular weight excluding hydrogens is 162 g/mol. The topological polar surface area (TPSA) is 18.5 Å². The Kier molecular flexibility index (Phi) is 4.70. The largest absolute Gasteiger partial charge is 0.312 e. The second kappa shape index (κ2) is 5.58. The zero-order valence-corrected chi connectivity index (χ0v) is 9.21. The summed E-state index contributed by atoms with van der Waals surface area (Å²) in [5.74, 6) is 0. The number of hydrogen-bond donors (Lipinski definition) is 1. The molecule has 0 unspecified atom stereocenters. The van der Waals surface area contributed by atoms with Crippen LogP contribution in [0.3, 0.4) is 0 Å². The Labute approximate surface area is 82.1 Å². The van der Waals surface area contributed by atoms with Crippen LogP contribution in [0.4, 0.5) is 0 Å². The average molecular weight is 185 g/mol. The van der Waals surface area contributed by atoms with Gasteiger partial charge in [0.1, 0.15) is 0 Å². The van der Waals surface area contributed by atoms with E-state index < -0.39 is 0 Å². The molecule has 0 aliphatic carbocycles. The van der Waals surface area contributed by atoms with E-state index in [2.05, 4.69) is 36.1 Å². The fourth-order valence-electron chi connectivity index (χ4n) is 1.83. The molecule has 1 atom stereocenters. The van der Waals surface area contributed by atoms with Gasteiger partial charge in [-0.1, -0.05) is 0 Å². The molecule has 78 valence electrons. The van der Waals surface area contributed by atoms with Crippen molar-refractivity contribution in [2.45, 2.75) is 19.4 Å². The van der Waals surface area contributed by atoms with Gasteiger partial charge in [0.15, 0.2) is 0 Å². The Bertz CT molecular complexity index is 136. The lowest BCUT2D eigenvalue weighted by molar-refractivity contribution is 0.198. The first kappa shape index (κ1) is 11.0. The molecule has 0 radical (unpaired) electrons. The van der Waals surface area contributed by atoms with Crippen molar-refractivity contribution in [2.75, 3.05) is 46.8 Å². The Balaban J connectivity index is 2.06. The van der Waals surface area contributed by atoms with Gasteiger partial charge in [0, 0.05) is 25.7 Å². The number of nitrogens with one attached hydrogen (secondary N) is 1. The van der Waals surface area contributed by atoms with Crippen molar-refractivity contribution < 1.29 is 0 Å². The molecule has 0 aromatic rings. The smallest absolute Gasteiger partial charge is 0.0167 e. The van der Waals surface area contributed by atoms with Crippen molar-refractivity contribution in [2.24, 2.45) is 0 Å². The molecular formula is C10H23N3. The summed E-state index contributed by atoms with van der Waals surface area (Å²) in [6.07, 6.45) is 1.29. The zero-order valence-electron chi connectivity index (χ0n) is 9.21. The predicted octanol–water partition coefficient (Wildman–Crippen LogP) is 0.232. The normalized spacial score (nSPS) is 25.4. The number of hydrogen-bond acceptors (Lipinski definition) is 3. The van der Waals surface area contributed by atoms with Crippen LogP contribution in [0.5, 0.6) is 0 Å². The Morgan fingerprint density at radius 3 is 2.85 bits per heavy atom. The molecule has 0 amide bonds. The highest BCUT2D eigenvalue weighted by atomic mass is 15.2. The predicted molar refractivity (Wildman–Crippen MR) is 57.1 cm³/mol. The van der Waals surface area contributed by atoms with Crippen LogP contribution in [0.25, 0.3) is 0 Å². The van der Waals surface area contributed by atoms with Gasteiger partial charge in [-0.2, -0.15) is 0 Å². The molecule has 0 aromatic carbocycles. The minimum absolute atomic E-state index is 0.674. The Morgan fingerprint density at radius 1 is 1.46 bits per heavy atom. The van der Waals surface area contributed by atoms with Gasteiger partial charge in [-0.05, 0) is 40.5 Å². The highest BCUT2D eigenvalue weighted by Crippen LogP contribution is 1.99. The van der Waals surface area contributed by atoms with Gasteiger partial charge in [0.05, 0.1) is 0 Å². The lowest BCUT2D eigenvalue weighted by Gasteiger charge is -2.32. The van der Waals surface area contributed by atoms with Gasteiger partial charge < -0.3 is 15.1 Å². The zero-order chi connectivity index (χ0) is 9.68. The molecule has 1 heterocycles. The molecule has 1 saturated heterocycles. The quantitative estimate of drug-likeness (QED) is 0.676. The van der Waals surface area contributed by atoms with Gasteiger partial charge in [-0.25, -0.2) is 0 Å². The monoisotopic (exact) mass is 185 g/mol. The number of piperazine rings is 1. The van der Waals surface area contributed by atoms with Crippen molar-refractivity contribution in [3.05, 3.63) is 0 Å². The third-order valence-corrected chi connectivity index (χ3v) is 2.53. The summed E-state index contributed by atoms with van der Waals surface area (Å²) in [5, 5.41) is 3.46. The molecule has 0 saturated carbocycles. The number of rotatable bonds is 4. The summed E-state index contributed by atoms with van der Waals surface area (Å²) >= 11 is 0. The van der Waals surface area contributed by atoms with Crippen LogP contribution in [-0.4, -0.2) is 62.7 Å². The van der Waals surface area contributed by atoms with E-state index in [0.29, 0.717) is 6.04 Å². The van der Waals surface area contributed by atoms with E-state index in [1.807, 2.05) is 0 Å². The molecule has 1 rings (SSSR count). The lowest BCUT2D eigenvalue weighted by atomic mass is 10.2. The summed E-state index contributed by atoms with van der Waals surface area (Å²) in [4.78, 5) is 4.82. The maximum atomic E-state index is 3.46. The van der Waals surface area contributed by atoms with Crippen LogP contribution in [0.2, 0.25) is 0 Å². The van der Waals surface area contributed by atoms with Crippen LogP contribution >= 0.6 is 0 Å². The van der Waals surface area contributed by atoms with Crippen LogP contribution in [0.1, 0.15) is 13.3 Å². The van der Waals surface area contributed by atoms with Gasteiger partial charge in [0.2, 0.25) is 0 Å². The standard InChI is InChI=1S/C10H23N3/c1-10-9-13(8-5-11-10)7-4-6-12(2)3/h10-11H,4-9H2,1-3H3/t10-/m1/s1. The third kappa shape index (κ3) is 4.60. The number of nitrogens with zero attached hydrogens (tertiary/aromatic N) is 2. The summed E-state index contributed by atoms with van der Waals surface area (Å²) in [7, 11) is 4.28. The minimum atomic E-state index is 0.674. The summed E-state index contributed by atoms with van der Waals surface area (Å²) in [5.41, 5.74) is 0. The van der Waals surface area contributed by atoms with Gasteiger partial charge in [-0.3, -0.25) is 0 Å². The molecule has 1 aliphatic heterocycles. The van der Waals surface area contributed by atoms with Crippen molar-refractivity contribution >= 4 is 0 Å². The fourth-order valence-corrected chi connectivity index (χ4v) is 1.83. The average Bonchev–Trinajstić information content (AvgIpc) is 2.03. The minimum Gasteiger partial charge on any atom is -0.312 e. The van der Waals surface area contributed by atoms with E-state index >= 15 is 0 Å². The van der Waals surface area contributed by atoms with Crippen molar-refractivity contribution in [1.29, 1.82) is 0 Å².